The second-order valence-electron chi connectivity index (χ2n) is 4.81. The Morgan fingerprint density at radius 2 is 1.90 bits per heavy atom. The van der Waals surface area contributed by atoms with Crippen LogP contribution < -0.4 is 10.5 Å². The van der Waals surface area contributed by atoms with E-state index in [1.54, 1.807) is 17.7 Å². The van der Waals surface area contributed by atoms with E-state index >= 15 is 0 Å². The molecule has 0 unspecified atom stereocenters. The molecule has 118 valence electrons. The third-order valence-electron chi connectivity index (χ3n) is 3.59. The molecule has 20 heavy (non-hydrogen) atoms. The number of halogens is 1. The van der Waals surface area contributed by atoms with Crippen molar-refractivity contribution in [1.82, 2.24) is 14.3 Å². The summed E-state index contributed by atoms with van der Waals surface area (Å²) in [5.41, 5.74) is 5.59. The summed E-state index contributed by atoms with van der Waals surface area (Å²) in [6, 6.07) is 0. The first-order chi connectivity index (χ1) is 8.78. The normalized spacial score (nSPS) is 12.2. The highest BCUT2D eigenvalue weighted by molar-refractivity contribution is 7.89. The van der Waals surface area contributed by atoms with Gasteiger partial charge in [-0.1, -0.05) is 13.8 Å². The third-order valence-corrected chi connectivity index (χ3v) is 4.86. The van der Waals surface area contributed by atoms with E-state index in [2.05, 4.69) is 9.71 Å². The lowest BCUT2D eigenvalue weighted by molar-refractivity contribution is 0.391. The van der Waals surface area contributed by atoms with E-state index in [9.17, 15) is 8.42 Å². The van der Waals surface area contributed by atoms with E-state index in [0.29, 0.717) is 25.2 Å². The summed E-state index contributed by atoms with van der Waals surface area (Å²) in [5, 5.41) is 0.0569. The Labute approximate surface area is 127 Å². The maximum absolute atomic E-state index is 12.1. The maximum atomic E-state index is 12.1. The summed E-state index contributed by atoms with van der Waals surface area (Å²) < 4.78 is 28.6. The summed E-state index contributed by atoms with van der Waals surface area (Å²) in [6.45, 7) is 8.55. The minimum Gasteiger partial charge on any atom is -0.334 e. The predicted molar refractivity (Wildman–Crippen MR) is 82.6 cm³/mol. The van der Waals surface area contributed by atoms with Crippen LogP contribution in [0.3, 0.4) is 0 Å². The second-order valence-corrected chi connectivity index (χ2v) is 6.52. The standard InChI is InChI=1S/C12H24N4O2S.ClH/c1-5-12(13,6-2)9-14-19(17,18)11-8-16(7-3)10(4)15-11;/h8,14H,5-7,9,13H2,1-4H3;1H. The summed E-state index contributed by atoms with van der Waals surface area (Å²) in [6.07, 6.45) is 2.98. The highest BCUT2D eigenvalue weighted by atomic mass is 35.5. The van der Waals surface area contributed by atoms with Gasteiger partial charge >= 0.3 is 0 Å². The van der Waals surface area contributed by atoms with Crippen molar-refractivity contribution in [2.75, 3.05) is 6.54 Å². The molecule has 0 amide bonds. The van der Waals surface area contributed by atoms with Crippen LogP contribution in [0.25, 0.3) is 0 Å². The number of hydrogen-bond acceptors (Lipinski definition) is 4. The Morgan fingerprint density at radius 1 is 1.35 bits per heavy atom. The van der Waals surface area contributed by atoms with E-state index in [1.807, 2.05) is 20.8 Å². The van der Waals surface area contributed by atoms with Gasteiger partial charge < -0.3 is 10.3 Å². The average Bonchev–Trinajstić information content (AvgIpc) is 2.78. The molecule has 0 aromatic carbocycles. The molecule has 0 bridgehead atoms. The fraction of sp³-hybridized carbons (Fsp3) is 0.750. The topological polar surface area (TPSA) is 90.0 Å². The molecular formula is C12H25ClN4O2S. The van der Waals surface area contributed by atoms with E-state index in [1.165, 1.54) is 0 Å². The van der Waals surface area contributed by atoms with E-state index in [-0.39, 0.29) is 24.0 Å². The molecule has 8 heteroatoms. The third kappa shape index (κ3) is 4.44. The van der Waals surface area contributed by atoms with Gasteiger partial charge in [-0.15, -0.1) is 12.4 Å². The Balaban J connectivity index is 0.00000361. The molecule has 0 aliphatic carbocycles. The van der Waals surface area contributed by atoms with Gasteiger partial charge in [0, 0.05) is 24.8 Å². The van der Waals surface area contributed by atoms with Crippen molar-refractivity contribution in [3.8, 4) is 0 Å². The molecule has 1 rings (SSSR count). The van der Waals surface area contributed by atoms with Crippen LogP contribution >= 0.6 is 12.4 Å². The molecule has 6 nitrogen and oxygen atoms in total. The highest BCUT2D eigenvalue weighted by Gasteiger charge is 2.25. The Hall–Kier alpha value is -0.630. The van der Waals surface area contributed by atoms with Gasteiger partial charge in [-0.05, 0) is 26.7 Å². The number of nitrogens with two attached hydrogens (primary N) is 1. The smallest absolute Gasteiger partial charge is 0.259 e. The highest BCUT2D eigenvalue weighted by Crippen LogP contribution is 2.13. The van der Waals surface area contributed by atoms with Crippen LogP contribution in [0.15, 0.2) is 11.2 Å². The van der Waals surface area contributed by atoms with Crippen LogP contribution in [0.4, 0.5) is 0 Å². The number of nitrogens with zero attached hydrogens (tertiary/aromatic N) is 2. The zero-order chi connectivity index (χ0) is 14.7. The first-order valence-electron chi connectivity index (χ1n) is 6.60. The zero-order valence-electron chi connectivity index (χ0n) is 12.5. The van der Waals surface area contributed by atoms with Crippen LogP contribution in [0.1, 0.15) is 39.4 Å². The van der Waals surface area contributed by atoms with E-state index in [0.717, 1.165) is 0 Å². The first-order valence-corrected chi connectivity index (χ1v) is 8.08. The number of hydrogen-bond donors (Lipinski definition) is 2. The molecule has 0 aliphatic heterocycles. The summed E-state index contributed by atoms with van der Waals surface area (Å²) in [4.78, 5) is 4.08. The molecule has 3 N–H and O–H groups in total. The van der Waals surface area contributed by atoms with Gasteiger partial charge in [0.15, 0.2) is 5.03 Å². The number of sulfonamides is 1. The molecule has 0 spiro atoms. The maximum Gasteiger partial charge on any atom is 0.259 e. The second kappa shape index (κ2) is 7.40. The van der Waals surface area contributed by atoms with Crippen molar-refractivity contribution in [1.29, 1.82) is 0 Å². The van der Waals surface area contributed by atoms with Crippen LogP contribution in [0.2, 0.25) is 0 Å². The molecular weight excluding hydrogens is 300 g/mol. The Morgan fingerprint density at radius 3 is 2.30 bits per heavy atom. The quantitative estimate of drug-likeness (QED) is 0.794. The average molecular weight is 325 g/mol. The van der Waals surface area contributed by atoms with Gasteiger partial charge in [0.25, 0.3) is 10.0 Å². The van der Waals surface area contributed by atoms with Gasteiger partial charge in [0.2, 0.25) is 0 Å². The summed E-state index contributed by atoms with van der Waals surface area (Å²) in [5.74, 6) is 0.688. The number of rotatable bonds is 7. The van der Waals surface area contributed by atoms with Crippen LogP contribution in [-0.2, 0) is 16.6 Å². The molecule has 0 radical (unpaired) electrons. The molecule has 0 saturated heterocycles. The van der Waals surface area contributed by atoms with Gasteiger partial charge in [-0.3, -0.25) is 0 Å². The fourth-order valence-electron chi connectivity index (χ4n) is 1.74. The first kappa shape index (κ1) is 19.4. The van der Waals surface area contributed by atoms with Crippen molar-refractivity contribution in [2.45, 2.75) is 57.6 Å². The predicted octanol–water partition coefficient (Wildman–Crippen LogP) is 1.43. The van der Waals surface area contributed by atoms with Crippen LogP contribution in [0, 0.1) is 6.92 Å². The molecule has 0 aliphatic rings. The van der Waals surface area contributed by atoms with E-state index < -0.39 is 15.6 Å². The molecule has 0 saturated carbocycles. The Bertz CT molecular complexity index is 524. The van der Waals surface area contributed by atoms with Crippen molar-refractivity contribution in [3.05, 3.63) is 12.0 Å². The molecule has 1 heterocycles. The summed E-state index contributed by atoms with van der Waals surface area (Å²) >= 11 is 0. The van der Waals surface area contributed by atoms with Crippen LogP contribution in [-0.4, -0.2) is 30.1 Å². The molecule has 1 aromatic heterocycles. The van der Waals surface area contributed by atoms with Gasteiger partial charge in [-0.2, -0.15) is 0 Å². The van der Waals surface area contributed by atoms with Crippen LogP contribution in [0.5, 0.6) is 0 Å². The van der Waals surface area contributed by atoms with E-state index in [4.69, 9.17) is 5.73 Å². The molecule has 1 aromatic rings. The van der Waals surface area contributed by atoms with Crippen molar-refractivity contribution < 1.29 is 8.42 Å². The summed E-state index contributed by atoms with van der Waals surface area (Å²) in [7, 11) is -3.59. The zero-order valence-corrected chi connectivity index (χ0v) is 14.1. The molecule has 0 fully saturated rings. The minimum absolute atomic E-state index is 0. The van der Waals surface area contributed by atoms with Crippen molar-refractivity contribution in [3.63, 3.8) is 0 Å². The number of nitrogens with one attached hydrogen (secondary N) is 1. The number of imidazole rings is 1. The number of aromatic nitrogens is 2. The fourth-order valence-corrected chi connectivity index (χ4v) is 2.89. The lowest BCUT2D eigenvalue weighted by atomic mass is 9.95. The van der Waals surface area contributed by atoms with Crippen molar-refractivity contribution >= 4 is 22.4 Å². The number of aryl methyl sites for hydroxylation is 2. The van der Waals surface area contributed by atoms with Gasteiger partial charge in [0.1, 0.15) is 5.82 Å². The monoisotopic (exact) mass is 324 g/mol. The molecule has 0 atom stereocenters. The van der Waals surface area contributed by atoms with Gasteiger partial charge in [0.05, 0.1) is 0 Å². The van der Waals surface area contributed by atoms with Gasteiger partial charge in [-0.25, -0.2) is 18.1 Å². The lowest BCUT2D eigenvalue weighted by Gasteiger charge is -2.26. The largest absolute Gasteiger partial charge is 0.334 e. The van der Waals surface area contributed by atoms with Crippen molar-refractivity contribution in [2.24, 2.45) is 5.73 Å². The Kier molecular flexibility index (Phi) is 7.17. The minimum atomic E-state index is -3.59. The SMILES string of the molecule is CCn1cc(S(=O)(=O)NCC(N)(CC)CC)nc1C.Cl. The lowest BCUT2D eigenvalue weighted by Crippen LogP contribution is -2.49.